The molecule has 4 rings (SSSR count). The lowest BCUT2D eigenvalue weighted by Gasteiger charge is -2.16. The molecular weight excluding hydrogens is 416 g/mol. The van der Waals surface area contributed by atoms with Crippen LogP contribution in [0.5, 0.6) is 5.75 Å². The third-order valence-electron chi connectivity index (χ3n) is 5.37. The fourth-order valence-electron chi connectivity index (χ4n) is 3.62. The molecule has 0 saturated carbocycles. The summed E-state index contributed by atoms with van der Waals surface area (Å²) < 4.78 is 7.17. The smallest absolute Gasteiger partial charge is 0.274 e. The third kappa shape index (κ3) is 5.09. The van der Waals surface area contributed by atoms with Crippen LogP contribution in [0.3, 0.4) is 0 Å². The quantitative estimate of drug-likeness (QED) is 0.440. The number of amides is 1. The van der Waals surface area contributed by atoms with Gasteiger partial charge in [0, 0.05) is 29.9 Å². The average Bonchev–Trinajstić information content (AvgIpc) is 2.85. The van der Waals surface area contributed by atoms with E-state index in [4.69, 9.17) is 4.74 Å². The first-order valence-corrected chi connectivity index (χ1v) is 11.0. The molecule has 0 aliphatic carbocycles. The lowest BCUT2D eigenvalue weighted by molar-refractivity contribution is 0.0934. The number of nitrogens with zero attached hydrogens (tertiary/aromatic N) is 3. The number of carbonyl (C=O) groups excluding carboxylic acids is 1. The average molecular weight is 443 g/mol. The molecule has 2 aromatic heterocycles. The molecule has 2 heterocycles. The summed E-state index contributed by atoms with van der Waals surface area (Å²) in [5.41, 5.74) is 2.00. The topological polar surface area (TPSA) is 86.1 Å². The van der Waals surface area contributed by atoms with E-state index in [2.05, 4.69) is 15.4 Å². The molecule has 0 saturated heterocycles. The summed E-state index contributed by atoms with van der Waals surface area (Å²) in [4.78, 5) is 29.9. The summed E-state index contributed by atoms with van der Waals surface area (Å²) in [5, 5.41) is 8.42. The number of rotatable bonds is 8. The predicted octanol–water partition coefficient (Wildman–Crippen LogP) is 4.27. The van der Waals surface area contributed by atoms with E-state index >= 15 is 0 Å². The first-order chi connectivity index (χ1) is 16.1. The number of hydrogen-bond donors (Lipinski definition) is 1. The summed E-state index contributed by atoms with van der Waals surface area (Å²) in [7, 11) is 0. The molecule has 2 aromatic carbocycles. The second-order valence-corrected chi connectivity index (χ2v) is 7.84. The Labute approximate surface area is 192 Å². The van der Waals surface area contributed by atoms with Crippen molar-refractivity contribution in [2.45, 2.75) is 39.5 Å². The molecule has 0 radical (unpaired) electrons. The highest BCUT2D eigenvalue weighted by Gasteiger charge is 2.18. The summed E-state index contributed by atoms with van der Waals surface area (Å²) in [5.74, 6) is 0.417. The van der Waals surface area contributed by atoms with Crippen LogP contribution in [0, 0.1) is 0 Å². The molecule has 1 unspecified atom stereocenters. The Bertz CT molecular complexity index is 1300. The Hall–Kier alpha value is -4.00. The first kappa shape index (κ1) is 22.2. The fourth-order valence-corrected chi connectivity index (χ4v) is 3.62. The van der Waals surface area contributed by atoms with Crippen molar-refractivity contribution in [2.24, 2.45) is 0 Å². The Kier molecular flexibility index (Phi) is 6.78. The minimum absolute atomic E-state index is 0.182. The molecule has 7 nitrogen and oxygen atoms in total. The molecule has 33 heavy (non-hydrogen) atoms. The van der Waals surface area contributed by atoms with Gasteiger partial charge in [0.15, 0.2) is 5.69 Å². The number of carbonyl (C=O) groups is 1. The van der Waals surface area contributed by atoms with Gasteiger partial charge in [0.1, 0.15) is 12.4 Å². The number of pyridine rings is 1. The van der Waals surface area contributed by atoms with E-state index in [0.717, 1.165) is 23.3 Å². The van der Waals surface area contributed by atoms with Crippen molar-refractivity contribution in [3.05, 3.63) is 100 Å². The van der Waals surface area contributed by atoms with Gasteiger partial charge >= 0.3 is 0 Å². The van der Waals surface area contributed by atoms with Crippen LogP contribution in [0.2, 0.25) is 0 Å². The molecule has 1 amide bonds. The summed E-state index contributed by atoms with van der Waals surface area (Å²) in [6.45, 7) is 4.77. The number of ether oxygens (including phenoxy) is 1. The van der Waals surface area contributed by atoms with Crippen LogP contribution in [-0.4, -0.2) is 20.7 Å². The zero-order chi connectivity index (χ0) is 23.2. The van der Waals surface area contributed by atoms with Crippen LogP contribution in [0.25, 0.3) is 10.8 Å². The van der Waals surface area contributed by atoms with Crippen LogP contribution in [-0.2, 0) is 13.2 Å². The summed E-state index contributed by atoms with van der Waals surface area (Å²) in [6, 6.07) is 18.3. The Morgan fingerprint density at radius 1 is 1.06 bits per heavy atom. The van der Waals surface area contributed by atoms with Gasteiger partial charge in [-0.15, -0.1) is 0 Å². The van der Waals surface area contributed by atoms with E-state index in [1.54, 1.807) is 36.7 Å². The molecule has 0 fully saturated rings. The van der Waals surface area contributed by atoms with Crippen LogP contribution in [0.15, 0.2) is 77.9 Å². The van der Waals surface area contributed by atoms with E-state index in [9.17, 15) is 9.59 Å². The largest absolute Gasteiger partial charge is 0.489 e. The van der Waals surface area contributed by atoms with Crippen LogP contribution in [0.4, 0.5) is 0 Å². The lowest BCUT2D eigenvalue weighted by atomic mass is 10.1. The molecule has 1 N–H and O–H groups in total. The number of hydrogen-bond acceptors (Lipinski definition) is 5. The number of nitrogens with one attached hydrogen (secondary N) is 1. The second kappa shape index (κ2) is 10.1. The molecule has 0 spiro atoms. The van der Waals surface area contributed by atoms with Crippen LogP contribution >= 0.6 is 0 Å². The van der Waals surface area contributed by atoms with Crippen molar-refractivity contribution in [1.29, 1.82) is 0 Å². The standard InChI is InChI=1S/C26H26N4O3/c1-3-15-30-26(32)23-9-5-4-8-22(23)24(29-30)25(31)28-18(2)20-10-12-21(13-11-20)33-17-19-7-6-14-27-16-19/h4-14,16,18H,3,15,17H2,1-2H3,(H,28,31). The first-order valence-electron chi connectivity index (χ1n) is 11.0. The molecule has 0 aliphatic heterocycles. The van der Waals surface area contributed by atoms with Crippen molar-refractivity contribution in [2.75, 3.05) is 0 Å². The normalized spacial score (nSPS) is 11.8. The van der Waals surface area contributed by atoms with Gasteiger partial charge in [0.05, 0.1) is 11.4 Å². The Morgan fingerprint density at radius 2 is 1.82 bits per heavy atom. The lowest BCUT2D eigenvalue weighted by Crippen LogP contribution is -2.32. The molecule has 4 aromatic rings. The Morgan fingerprint density at radius 3 is 2.52 bits per heavy atom. The monoisotopic (exact) mass is 442 g/mol. The van der Waals surface area contributed by atoms with E-state index in [-0.39, 0.29) is 23.2 Å². The van der Waals surface area contributed by atoms with Gasteiger partial charge in [-0.05, 0) is 43.2 Å². The molecule has 7 heteroatoms. The van der Waals surface area contributed by atoms with Crippen molar-refractivity contribution >= 4 is 16.7 Å². The zero-order valence-corrected chi connectivity index (χ0v) is 18.7. The Balaban J connectivity index is 1.49. The predicted molar refractivity (Wildman–Crippen MR) is 127 cm³/mol. The van der Waals surface area contributed by atoms with Crippen molar-refractivity contribution in [1.82, 2.24) is 20.1 Å². The van der Waals surface area contributed by atoms with Gasteiger partial charge in [-0.3, -0.25) is 14.6 Å². The summed E-state index contributed by atoms with van der Waals surface area (Å²) >= 11 is 0. The molecule has 0 bridgehead atoms. The third-order valence-corrected chi connectivity index (χ3v) is 5.37. The van der Waals surface area contributed by atoms with E-state index in [0.29, 0.717) is 23.9 Å². The fraction of sp³-hybridized carbons (Fsp3) is 0.231. The van der Waals surface area contributed by atoms with E-state index < -0.39 is 0 Å². The van der Waals surface area contributed by atoms with Crippen LogP contribution < -0.4 is 15.6 Å². The minimum Gasteiger partial charge on any atom is -0.489 e. The van der Waals surface area contributed by atoms with Gasteiger partial charge in [-0.25, -0.2) is 4.68 Å². The van der Waals surface area contributed by atoms with E-state index in [1.165, 1.54) is 4.68 Å². The molecular formula is C26H26N4O3. The van der Waals surface area contributed by atoms with Crippen molar-refractivity contribution in [3.8, 4) is 5.75 Å². The maximum atomic E-state index is 13.1. The summed E-state index contributed by atoms with van der Waals surface area (Å²) in [6.07, 6.45) is 4.25. The van der Waals surface area contributed by atoms with Gasteiger partial charge in [0.2, 0.25) is 0 Å². The number of fused-ring (bicyclic) bond motifs is 1. The molecule has 0 aliphatic rings. The number of benzene rings is 2. The van der Waals surface area contributed by atoms with Crippen molar-refractivity contribution in [3.63, 3.8) is 0 Å². The zero-order valence-electron chi connectivity index (χ0n) is 18.7. The highest BCUT2D eigenvalue weighted by Crippen LogP contribution is 2.20. The highest BCUT2D eigenvalue weighted by molar-refractivity contribution is 6.04. The second-order valence-electron chi connectivity index (χ2n) is 7.84. The SMILES string of the molecule is CCCn1nc(C(=O)NC(C)c2ccc(OCc3cccnc3)cc2)c2ccccc2c1=O. The van der Waals surface area contributed by atoms with Crippen molar-refractivity contribution < 1.29 is 9.53 Å². The number of aryl methyl sites for hydroxylation is 1. The maximum Gasteiger partial charge on any atom is 0.274 e. The van der Waals surface area contributed by atoms with Gasteiger partial charge < -0.3 is 10.1 Å². The van der Waals surface area contributed by atoms with Gasteiger partial charge in [-0.2, -0.15) is 5.10 Å². The molecule has 1 atom stereocenters. The van der Waals surface area contributed by atoms with Crippen LogP contribution in [0.1, 0.15) is 47.9 Å². The maximum absolute atomic E-state index is 13.1. The molecule has 168 valence electrons. The minimum atomic E-state index is -0.319. The number of aromatic nitrogens is 3. The highest BCUT2D eigenvalue weighted by atomic mass is 16.5. The van der Waals surface area contributed by atoms with E-state index in [1.807, 2.05) is 50.2 Å². The van der Waals surface area contributed by atoms with Gasteiger partial charge in [-0.1, -0.05) is 43.3 Å². The van der Waals surface area contributed by atoms with Gasteiger partial charge in [0.25, 0.3) is 11.5 Å².